The average molecular weight is 390 g/mol. The number of H-pyrrole nitrogens is 1. The van der Waals surface area contributed by atoms with Crippen molar-refractivity contribution in [2.24, 2.45) is 0 Å². The first-order chi connectivity index (χ1) is 12.4. The molecular weight excluding hydrogens is 377 g/mol. The summed E-state index contributed by atoms with van der Waals surface area (Å²) >= 11 is 12.0. The number of benzene rings is 1. The number of rotatable bonds is 4. The van der Waals surface area contributed by atoms with E-state index in [4.69, 9.17) is 28.3 Å². The largest absolute Gasteiger partial charge is 0.478 e. The lowest BCUT2D eigenvalue weighted by Gasteiger charge is -2.07. The highest BCUT2D eigenvalue weighted by Gasteiger charge is 2.18. The van der Waals surface area contributed by atoms with Gasteiger partial charge < -0.3 is 15.4 Å². The van der Waals surface area contributed by atoms with E-state index in [0.717, 1.165) is 5.56 Å². The van der Waals surface area contributed by atoms with Gasteiger partial charge in [0.2, 0.25) is 0 Å². The number of aromatic amines is 1. The third-order valence-electron chi connectivity index (χ3n) is 3.74. The minimum absolute atomic E-state index is 0.105. The number of halogens is 2. The zero-order valence-electron chi connectivity index (χ0n) is 13.5. The summed E-state index contributed by atoms with van der Waals surface area (Å²) in [6.45, 7) is 1.72. The van der Waals surface area contributed by atoms with Crippen molar-refractivity contribution in [2.75, 3.05) is 5.32 Å². The van der Waals surface area contributed by atoms with E-state index >= 15 is 0 Å². The Hall–Kier alpha value is -2.83. The molecule has 0 radical (unpaired) electrons. The maximum absolute atomic E-state index is 12.3. The van der Waals surface area contributed by atoms with Gasteiger partial charge in [-0.3, -0.25) is 9.78 Å². The minimum atomic E-state index is -1.04. The van der Waals surface area contributed by atoms with Gasteiger partial charge in [-0.15, -0.1) is 0 Å². The molecule has 1 aromatic carbocycles. The summed E-state index contributed by atoms with van der Waals surface area (Å²) in [5.41, 5.74) is 2.90. The highest BCUT2D eigenvalue weighted by molar-refractivity contribution is 6.44. The SMILES string of the molecule is Cc1[nH]c(C(=O)Nc2ccc(-c3cncc(C(=O)O)c3)cc2)c(Cl)c1Cl. The molecule has 0 atom stereocenters. The number of carbonyl (C=O) groups excluding carboxylic acids is 1. The lowest BCUT2D eigenvalue weighted by molar-refractivity contribution is 0.0696. The number of nitrogens with zero attached hydrogens (tertiary/aromatic N) is 1. The van der Waals surface area contributed by atoms with Gasteiger partial charge in [0.1, 0.15) is 5.69 Å². The van der Waals surface area contributed by atoms with E-state index < -0.39 is 11.9 Å². The van der Waals surface area contributed by atoms with E-state index in [2.05, 4.69) is 15.3 Å². The molecule has 8 heteroatoms. The molecule has 0 fully saturated rings. The van der Waals surface area contributed by atoms with Crippen LogP contribution in [-0.2, 0) is 0 Å². The average Bonchev–Trinajstić information content (AvgIpc) is 2.90. The Morgan fingerprint density at radius 1 is 1.08 bits per heavy atom. The second kappa shape index (κ2) is 7.19. The van der Waals surface area contributed by atoms with Gasteiger partial charge >= 0.3 is 5.97 Å². The summed E-state index contributed by atoms with van der Waals surface area (Å²) in [5.74, 6) is -1.45. The molecule has 3 rings (SSSR count). The summed E-state index contributed by atoms with van der Waals surface area (Å²) in [7, 11) is 0. The Morgan fingerprint density at radius 2 is 1.77 bits per heavy atom. The first kappa shape index (κ1) is 18.0. The lowest BCUT2D eigenvalue weighted by atomic mass is 10.1. The Balaban J connectivity index is 1.79. The molecular formula is C18H13Cl2N3O3. The predicted molar refractivity (Wildman–Crippen MR) is 100 cm³/mol. The van der Waals surface area contributed by atoms with E-state index in [-0.39, 0.29) is 16.3 Å². The van der Waals surface area contributed by atoms with Crippen LogP contribution >= 0.6 is 23.2 Å². The molecule has 26 heavy (non-hydrogen) atoms. The molecule has 0 bridgehead atoms. The summed E-state index contributed by atoms with van der Waals surface area (Å²) in [6, 6.07) is 8.45. The summed E-state index contributed by atoms with van der Waals surface area (Å²) < 4.78 is 0. The highest BCUT2D eigenvalue weighted by atomic mass is 35.5. The Morgan fingerprint density at radius 3 is 2.35 bits per heavy atom. The summed E-state index contributed by atoms with van der Waals surface area (Å²) in [5, 5.41) is 12.3. The van der Waals surface area contributed by atoms with E-state index in [1.165, 1.54) is 12.3 Å². The van der Waals surface area contributed by atoms with Crippen LogP contribution in [-0.4, -0.2) is 27.0 Å². The maximum Gasteiger partial charge on any atom is 0.337 e. The van der Waals surface area contributed by atoms with Crippen molar-refractivity contribution < 1.29 is 14.7 Å². The van der Waals surface area contributed by atoms with Crippen molar-refractivity contribution >= 4 is 40.8 Å². The topological polar surface area (TPSA) is 95.1 Å². The van der Waals surface area contributed by atoms with Gasteiger partial charge in [-0.05, 0) is 30.7 Å². The van der Waals surface area contributed by atoms with Crippen LogP contribution in [0, 0.1) is 6.92 Å². The predicted octanol–water partition coefficient (Wildman–Crippen LogP) is 4.64. The normalized spacial score (nSPS) is 10.6. The van der Waals surface area contributed by atoms with Gasteiger partial charge in [-0.25, -0.2) is 4.79 Å². The zero-order valence-corrected chi connectivity index (χ0v) is 15.0. The number of hydrogen-bond acceptors (Lipinski definition) is 3. The van der Waals surface area contributed by atoms with E-state index in [9.17, 15) is 9.59 Å². The second-order valence-corrected chi connectivity index (χ2v) is 6.31. The molecule has 132 valence electrons. The van der Waals surface area contributed by atoms with Crippen molar-refractivity contribution in [3.63, 3.8) is 0 Å². The quantitative estimate of drug-likeness (QED) is 0.605. The van der Waals surface area contributed by atoms with Gasteiger partial charge in [0, 0.05) is 29.3 Å². The molecule has 3 aromatic rings. The Bertz CT molecular complexity index is 997. The van der Waals surface area contributed by atoms with Crippen LogP contribution in [0.2, 0.25) is 10.0 Å². The molecule has 0 aliphatic carbocycles. The maximum atomic E-state index is 12.3. The Labute approximate surface area is 158 Å². The molecule has 0 saturated heterocycles. The smallest absolute Gasteiger partial charge is 0.337 e. The minimum Gasteiger partial charge on any atom is -0.478 e. The van der Waals surface area contributed by atoms with Crippen molar-refractivity contribution in [3.05, 3.63) is 69.7 Å². The first-order valence-electron chi connectivity index (χ1n) is 7.50. The molecule has 0 unspecified atom stereocenters. The number of aromatic carboxylic acids is 1. The fraction of sp³-hybridized carbons (Fsp3) is 0.0556. The highest BCUT2D eigenvalue weighted by Crippen LogP contribution is 2.29. The molecule has 0 saturated carbocycles. The number of aromatic nitrogens is 2. The number of amides is 1. The van der Waals surface area contributed by atoms with Crippen LogP contribution in [0.4, 0.5) is 5.69 Å². The Kier molecular flexibility index (Phi) is 4.97. The van der Waals surface area contributed by atoms with Crippen LogP contribution in [0.15, 0.2) is 42.7 Å². The van der Waals surface area contributed by atoms with Crippen molar-refractivity contribution in [2.45, 2.75) is 6.92 Å². The molecule has 0 spiro atoms. The van der Waals surface area contributed by atoms with Crippen LogP contribution in [0.1, 0.15) is 26.5 Å². The lowest BCUT2D eigenvalue weighted by Crippen LogP contribution is -2.12. The van der Waals surface area contributed by atoms with Gasteiger partial charge in [0.25, 0.3) is 5.91 Å². The number of pyridine rings is 1. The number of anilines is 1. The molecule has 6 nitrogen and oxygen atoms in total. The molecule has 2 aromatic heterocycles. The molecule has 0 aliphatic rings. The fourth-order valence-corrected chi connectivity index (χ4v) is 2.80. The molecule has 2 heterocycles. The standard InChI is InChI=1S/C18H13Cl2N3O3/c1-9-14(19)15(20)16(22-9)17(24)23-13-4-2-10(3-5-13)11-6-12(18(25)26)8-21-7-11/h2-8,22H,1H3,(H,23,24)(H,25,26). The van der Waals surface area contributed by atoms with E-state index in [1.54, 1.807) is 37.4 Å². The number of carboxylic acids is 1. The summed E-state index contributed by atoms with van der Waals surface area (Å²) in [6.07, 6.45) is 2.86. The number of carboxylic acid groups (broad SMARTS) is 1. The monoisotopic (exact) mass is 389 g/mol. The van der Waals surface area contributed by atoms with E-state index in [0.29, 0.717) is 22.0 Å². The van der Waals surface area contributed by atoms with Gasteiger partial charge in [0.05, 0.1) is 15.6 Å². The first-order valence-corrected chi connectivity index (χ1v) is 8.26. The van der Waals surface area contributed by atoms with Gasteiger partial charge in [-0.1, -0.05) is 35.3 Å². The van der Waals surface area contributed by atoms with Crippen LogP contribution in [0.3, 0.4) is 0 Å². The van der Waals surface area contributed by atoms with Gasteiger partial charge in [-0.2, -0.15) is 0 Å². The van der Waals surface area contributed by atoms with Crippen LogP contribution in [0.5, 0.6) is 0 Å². The van der Waals surface area contributed by atoms with Crippen LogP contribution in [0.25, 0.3) is 11.1 Å². The fourth-order valence-electron chi connectivity index (χ4n) is 2.38. The molecule has 0 aliphatic heterocycles. The molecule has 3 N–H and O–H groups in total. The number of nitrogens with one attached hydrogen (secondary N) is 2. The van der Waals surface area contributed by atoms with E-state index in [1.807, 2.05) is 0 Å². The van der Waals surface area contributed by atoms with Crippen molar-refractivity contribution in [1.82, 2.24) is 9.97 Å². The second-order valence-electron chi connectivity index (χ2n) is 5.55. The van der Waals surface area contributed by atoms with Crippen LogP contribution < -0.4 is 5.32 Å². The molecule has 1 amide bonds. The third kappa shape index (κ3) is 3.56. The summed E-state index contributed by atoms with van der Waals surface area (Å²) in [4.78, 5) is 30.1. The van der Waals surface area contributed by atoms with Crippen molar-refractivity contribution in [3.8, 4) is 11.1 Å². The number of aryl methyl sites for hydroxylation is 1. The zero-order chi connectivity index (χ0) is 18.8. The third-order valence-corrected chi connectivity index (χ3v) is 4.69. The number of hydrogen-bond donors (Lipinski definition) is 3. The van der Waals surface area contributed by atoms with Crippen molar-refractivity contribution in [1.29, 1.82) is 0 Å². The number of carbonyl (C=O) groups is 2. The van der Waals surface area contributed by atoms with Gasteiger partial charge in [0.15, 0.2) is 0 Å².